The zero-order chi connectivity index (χ0) is 11.4. The fourth-order valence-corrected chi connectivity index (χ4v) is 1.59. The van der Waals surface area contributed by atoms with Crippen LogP contribution in [0.1, 0.15) is 24.3 Å². The highest BCUT2D eigenvalue weighted by atomic mass is 16.5. The first kappa shape index (κ1) is 10.9. The molecule has 4 nitrogen and oxygen atoms in total. The lowest BCUT2D eigenvalue weighted by atomic mass is 10.1. The SMILES string of the molecule is CC(N)OC(c1ccccc1)c1ccn[nH]1. The Balaban J connectivity index is 2.29. The third-order valence-corrected chi connectivity index (χ3v) is 2.26. The van der Waals surface area contributed by atoms with Crippen molar-refractivity contribution in [3.63, 3.8) is 0 Å². The second-order valence-electron chi connectivity index (χ2n) is 3.64. The molecule has 0 radical (unpaired) electrons. The maximum absolute atomic E-state index is 5.69. The van der Waals surface area contributed by atoms with E-state index in [4.69, 9.17) is 10.5 Å². The third-order valence-electron chi connectivity index (χ3n) is 2.26. The van der Waals surface area contributed by atoms with Crippen molar-refractivity contribution in [2.45, 2.75) is 19.3 Å². The van der Waals surface area contributed by atoms with Gasteiger partial charge in [-0.1, -0.05) is 30.3 Å². The molecule has 1 aromatic carbocycles. The van der Waals surface area contributed by atoms with Crippen LogP contribution in [0, 0.1) is 0 Å². The molecule has 2 atom stereocenters. The Labute approximate surface area is 94.4 Å². The Kier molecular flexibility index (Phi) is 3.34. The summed E-state index contributed by atoms with van der Waals surface area (Å²) in [7, 11) is 0. The van der Waals surface area contributed by atoms with Crippen molar-refractivity contribution >= 4 is 0 Å². The fraction of sp³-hybridized carbons (Fsp3) is 0.250. The van der Waals surface area contributed by atoms with Gasteiger partial charge in [0.05, 0.1) is 5.69 Å². The largest absolute Gasteiger partial charge is 0.350 e. The number of hydrogen-bond donors (Lipinski definition) is 2. The van der Waals surface area contributed by atoms with Crippen molar-refractivity contribution < 1.29 is 4.74 Å². The summed E-state index contributed by atoms with van der Waals surface area (Å²) in [6.07, 6.45) is 1.19. The summed E-state index contributed by atoms with van der Waals surface area (Å²) < 4.78 is 5.69. The molecule has 4 heteroatoms. The predicted octanol–water partition coefficient (Wildman–Crippen LogP) is 1.82. The van der Waals surface area contributed by atoms with Gasteiger partial charge in [0, 0.05) is 6.20 Å². The quantitative estimate of drug-likeness (QED) is 0.768. The van der Waals surface area contributed by atoms with Crippen molar-refractivity contribution in [1.29, 1.82) is 0 Å². The van der Waals surface area contributed by atoms with Crippen LogP contribution in [0.15, 0.2) is 42.6 Å². The van der Waals surface area contributed by atoms with Gasteiger partial charge in [-0.05, 0) is 18.6 Å². The average molecular weight is 217 g/mol. The van der Waals surface area contributed by atoms with Crippen LogP contribution in [-0.2, 0) is 4.74 Å². The maximum atomic E-state index is 5.69. The first-order chi connectivity index (χ1) is 7.77. The van der Waals surface area contributed by atoms with E-state index in [9.17, 15) is 0 Å². The lowest BCUT2D eigenvalue weighted by molar-refractivity contribution is 0.0210. The molecule has 16 heavy (non-hydrogen) atoms. The summed E-state index contributed by atoms with van der Waals surface area (Å²) >= 11 is 0. The highest BCUT2D eigenvalue weighted by molar-refractivity contribution is 5.25. The van der Waals surface area contributed by atoms with E-state index < -0.39 is 0 Å². The van der Waals surface area contributed by atoms with Crippen LogP contribution in [0.5, 0.6) is 0 Å². The predicted molar refractivity (Wildman–Crippen MR) is 61.6 cm³/mol. The molecule has 0 spiro atoms. The van der Waals surface area contributed by atoms with Crippen molar-refractivity contribution in [3.8, 4) is 0 Å². The van der Waals surface area contributed by atoms with Crippen LogP contribution in [0.2, 0.25) is 0 Å². The number of rotatable bonds is 4. The molecule has 0 aliphatic carbocycles. The van der Waals surface area contributed by atoms with Gasteiger partial charge in [-0.15, -0.1) is 0 Å². The van der Waals surface area contributed by atoms with Crippen molar-refractivity contribution in [2.75, 3.05) is 0 Å². The number of benzene rings is 1. The average Bonchev–Trinajstić information content (AvgIpc) is 2.80. The molecule has 0 saturated carbocycles. The maximum Gasteiger partial charge on any atom is 0.126 e. The lowest BCUT2D eigenvalue weighted by Crippen LogP contribution is -2.23. The van der Waals surface area contributed by atoms with Crippen LogP contribution >= 0.6 is 0 Å². The summed E-state index contributed by atoms with van der Waals surface area (Å²) in [6.45, 7) is 1.81. The normalized spacial score (nSPS) is 14.6. The van der Waals surface area contributed by atoms with E-state index in [-0.39, 0.29) is 12.3 Å². The van der Waals surface area contributed by atoms with Crippen molar-refractivity contribution in [1.82, 2.24) is 10.2 Å². The summed E-state index contributed by atoms with van der Waals surface area (Å²) in [4.78, 5) is 0. The molecule has 0 bridgehead atoms. The van der Waals surface area contributed by atoms with E-state index in [0.717, 1.165) is 11.3 Å². The first-order valence-electron chi connectivity index (χ1n) is 5.22. The number of hydrogen-bond acceptors (Lipinski definition) is 3. The number of ether oxygens (including phenoxy) is 1. The van der Waals surface area contributed by atoms with Gasteiger partial charge in [-0.25, -0.2) is 0 Å². The summed E-state index contributed by atoms with van der Waals surface area (Å²) in [6, 6.07) is 11.8. The Hall–Kier alpha value is -1.65. The number of H-pyrrole nitrogens is 1. The van der Waals surface area contributed by atoms with E-state index >= 15 is 0 Å². The highest BCUT2D eigenvalue weighted by Gasteiger charge is 2.17. The zero-order valence-corrected chi connectivity index (χ0v) is 9.13. The molecular formula is C12H15N3O. The summed E-state index contributed by atoms with van der Waals surface area (Å²) in [5.41, 5.74) is 7.65. The first-order valence-corrected chi connectivity index (χ1v) is 5.22. The third kappa shape index (κ3) is 2.48. The molecule has 0 aliphatic rings. The molecule has 1 aromatic heterocycles. The van der Waals surface area contributed by atoms with Crippen LogP contribution in [0.4, 0.5) is 0 Å². The van der Waals surface area contributed by atoms with Crippen LogP contribution in [-0.4, -0.2) is 16.4 Å². The topological polar surface area (TPSA) is 63.9 Å². The van der Waals surface area contributed by atoms with Gasteiger partial charge in [0.15, 0.2) is 0 Å². The Morgan fingerprint density at radius 3 is 2.56 bits per heavy atom. The molecule has 1 heterocycles. The van der Waals surface area contributed by atoms with Gasteiger partial charge < -0.3 is 10.5 Å². The number of nitrogens with zero attached hydrogens (tertiary/aromatic N) is 1. The standard InChI is InChI=1S/C12H15N3O/c1-9(13)16-12(11-7-8-14-15-11)10-5-3-2-4-6-10/h2-9,12H,13H2,1H3,(H,14,15). The minimum Gasteiger partial charge on any atom is -0.350 e. The molecular weight excluding hydrogens is 202 g/mol. The van der Waals surface area contributed by atoms with E-state index in [1.54, 1.807) is 6.20 Å². The second-order valence-corrected chi connectivity index (χ2v) is 3.64. The number of nitrogens with one attached hydrogen (secondary N) is 1. The van der Waals surface area contributed by atoms with Gasteiger partial charge in [0.2, 0.25) is 0 Å². The minimum atomic E-state index is -0.325. The highest BCUT2D eigenvalue weighted by Crippen LogP contribution is 2.24. The molecule has 3 N–H and O–H groups in total. The molecule has 84 valence electrons. The molecule has 2 rings (SSSR count). The van der Waals surface area contributed by atoms with Crippen LogP contribution in [0.3, 0.4) is 0 Å². The number of aromatic nitrogens is 2. The van der Waals surface area contributed by atoms with Gasteiger partial charge in [-0.2, -0.15) is 5.10 Å². The molecule has 2 unspecified atom stereocenters. The Morgan fingerprint density at radius 2 is 2.00 bits per heavy atom. The molecule has 0 amide bonds. The lowest BCUT2D eigenvalue weighted by Gasteiger charge is -2.19. The molecule has 2 aromatic rings. The Bertz CT molecular complexity index is 411. The van der Waals surface area contributed by atoms with Gasteiger partial charge in [0.25, 0.3) is 0 Å². The van der Waals surface area contributed by atoms with Gasteiger partial charge in [0.1, 0.15) is 12.3 Å². The van der Waals surface area contributed by atoms with Crippen molar-refractivity contribution in [3.05, 3.63) is 53.9 Å². The van der Waals surface area contributed by atoms with E-state index in [1.807, 2.05) is 43.3 Å². The number of nitrogens with two attached hydrogens (primary N) is 1. The molecule has 0 fully saturated rings. The molecule has 0 saturated heterocycles. The van der Waals surface area contributed by atoms with E-state index in [2.05, 4.69) is 10.2 Å². The monoisotopic (exact) mass is 217 g/mol. The van der Waals surface area contributed by atoms with Crippen LogP contribution in [0.25, 0.3) is 0 Å². The van der Waals surface area contributed by atoms with Crippen LogP contribution < -0.4 is 5.73 Å². The summed E-state index contributed by atoms with van der Waals surface area (Å²) in [5, 5.41) is 6.84. The smallest absolute Gasteiger partial charge is 0.126 e. The molecule has 0 aliphatic heterocycles. The fourth-order valence-electron chi connectivity index (χ4n) is 1.59. The summed E-state index contributed by atoms with van der Waals surface area (Å²) in [5.74, 6) is 0. The second kappa shape index (κ2) is 4.92. The number of aromatic amines is 1. The minimum absolute atomic E-state index is 0.191. The van der Waals surface area contributed by atoms with Gasteiger partial charge >= 0.3 is 0 Å². The Morgan fingerprint density at radius 1 is 1.25 bits per heavy atom. The van der Waals surface area contributed by atoms with Crippen molar-refractivity contribution in [2.24, 2.45) is 5.73 Å². The van der Waals surface area contributed by atoms with Gasteiger partial charge in [-0.3, -0.25) is 5.10 Å². The zero-order valence-electron chi connectivity index (χ0n) is 9.13. The van der Waals surface area contributed by atoms with E-state index in [1.165, 1.54) is 0 Å². The van der Waals surface area contributed by atoms with E-state index in [0.29, 0.717) is 0 Å².